The number of halogens is 2. The van der Waals surface area contributed by atoms with Crippen molar-refractivity contribution in [1.82, 2.24) is 10.3 Å². The van der Waals surface area contributed by atoms with E-state index < -0.39 is 0 Å². The summed E-state index contributed by atoms with van der Waals surface area (Å²) in [5, 5.41) is 3.07. The molecule has 0 aliphatic heterocycles. The normalized spacial score (nSPS) is 10.8. The predicted octanol–water partition coefficient (Wildman–Crippen LogP) is 3.31. The van der Waals surface area contributed by atoms with Crippen LogP contribution >= 0.6 is 0 Å². The Kier molecular flexibility index (Phi) is 3.87. The van der Waals surface area contributed by atoms with E-state index in [1.54, 1.807) is 36.5 Å². The molecule has 2 N–H and O–H groups in total. The maximum atomic E-state index is 13.8. The molecule has 0 atom stereocenters. The highest BCUT2D eigenvalue weighted by molar-refractivity contribution is 5.89. The predicted molar refractivity (Wildman–Crippen MR) is 80.2 cm³/mol. The first kappa shape index (κ1) is 14.3. The van der Waals surface area contributed by atoms with Gasteiger partial charge in [0.05, 0.1) is 6.42 Å². The fourth-order valence-electron chi connectivity index (χ4n) is 2.42. The maximum Gasteiger partial charge on any atom is 0.224 e. The molecule has 0 bridgehead atoms. The van der Waals surface area contributed by atoms with Crippen LogP contribution in [-0.2, 0) is 17.8 Å². The van der Waals surface area contributed by atoms with Gasteiger partial charge in [0.1, 0.15) is 11.6 Å². The zero-order valence-corrected chi connectivity index (χ0v) is 11.7. The van der Waals surface area contributed by atoms with Crippen LogP contribution in [0.5, 0.6) is 0 Å². The fraction of sp³-hybridized carbons (Fsp3) is 0.118. The van der Waals surface area contributed by atoms with Crippen molar-refractivity contribution in [2.45, 2.75) is 13.0 Å². The van der Waals surface area contributed by atoms with Gasteiger partial charge in [0.2, 0.25) is 5.91 Å². The number of fused-ring (bicyclic) bond motifs is 1. The molecule has 3 rings (SSSR count). The van der Waals surface area contributed by atoms with E-state index in [2.05, 4.69) is 10.3 Å². The lowest BCUT2D eigenvalue weighted by Crippen LogP contribution is -2.25. The van der Waals surface area contributed by atoms with Crippen molar-refractivity contribution < 1.29 is 13.6 Å². The first-order chi connectivity index (χ1) is 10.6. The number of carbonyl (C=O) groups excluding carboxylic acids is 1. The van der Waals surface area contributed by atoms with Crippen molar-refractivity contribution in [3.63, 3.8) is 0 Å². The summed E-state index contributed by atoms with van der Waals surface area (Å²) < 4.78 is 27.3. The molecule has 2 aromatic carbocycles. The van der Waals surface area contributed by atoms with E-state index in [0.29, 0.717) is 22.0 Å². The Balaban J connectivity index is 1.70. The molecule has 3 nitrogen and oxygen atoms in total. The van der Waals surface area contributed by atoms with Gasteiger partial charge in [-0.2, -0.15) is 0 Å². The lowest BCUT2D eigenvalue weighted by Gasteiger charge is -2.06. The average molecular weight is 300 g/mol. The number of aromatic amines is 1. The van der Waals surface area contributed by atoms with Crippen molar-refractivity contribution in [3.8, 4) is 0 Å². The van der Waals surface area contributed by atoms with Crippen molar-refractivity contribution in [2.24, 2.45) is 0 Å². The molecular weight excluding hydrogens is 286 g/mol. The molecule has 5 heteroatoms. The SMILES string of the molecule is O=C(Cc1c[nH]c2cccc(F)c12)NCc1ccccc1F. The first-order valence-electron chi connectivity index (χ1n) is 6.90. The minimum absolute atomic E-state index is 0.0371. The Labute approximate surface area is 126 Å². The number of hydrogen-bond donors (Lipinski definition) is 2. The van der Waals surface area contributed by atoms with Crippen LogP contribution in [-0.4, -0.2) is 10.9 Å². The number of amides is 1. The molecular formula is C17H14F2N2O. The van der Waals surface area contributed by atoms with Gasteiger partial charge in [-0.15, -0.1) is 0 Å². The molecule has 0 unspecified atom stereocenters. The van der Waals surface area contributed by atoms with Gasteiger partial charge in [0.15, 0.2) is 0 Å². The number of rotatable bonds is 4. The zero-order valence-electron chi connectivity index (χ0n) is 11.7. The van der Waals surface area contributed by atoms with Crippen molar-refractivity contribution in [3.05, 3.63) is 71.4 Å². The van der Waals surface area contributed by atoms with Gasteiger partial charge in [-0.1, -0.05) is 24.3 Å². The molecule has 0 fully saturated rings. The summed E-state index contributed by atoms with van der Waals surface area (Å²) in [6.07, 6.45) is 1.66. The molecule has 0 spiro atoms. The quantitative estimate of drug-likeness (QED) is 0.763. The van der Waals surface area contributed by atoms with Crippen LogP contribution in [0.2, 0.25) is 0 Å². The van der Waals surface area contributed by atoms with Gasteiger partial charge in [-0.25, -0.2) is 8.78 Å². The van der Waals surface area contributed by atoms with E-state index in [4.69, 9.17) is 0 Å². The average Bonchev–Trinajstić information content (AvgIpc) is 2.91. The molecule has 0 aliphatic rings. The summed E-state index contributed by atoms with van der Waals surface area (Å²) in [7, 11) is 0. The van der Waals surface area contributed by atoms with E-state index in [0.717, 1.165) is 0 Å². The summed E-state index contributed by atoms with van der Waals surface area (Å²) >= 11 is 0. The van der Waals surface area contributed by atoms with Crippen LogP contribution in [0.25, 0.3) is 10.9 Å². The fourth-order valence-corrected chi connectivity index (χ4v) is 2.42. The van der Waals surface area contributed by atoms with Crippen LogP contribution in [0, 0.1) is 11.6 Å². The van der Waals surface area contributed by atoms with Crippen molar-refractivity contribution in [2.75, 3.05) is 0 Å². The standard InChI is InChI=1S/C17H14F2N2O/c18-13-5-2-1-4-11(13)9-21-16(22)8-12-10-20-15-7-3-6-14(19)17(12)15/h1-7,10,20H,8-9H2,(H,21,22). The molecule has 0 radical (unpaired) electrons. The van der Waals surface area contributed by atoms with Crippen LogP contribution in [0.15, 0.2) is 48.7 Å². The highest BCUT2D eigenvalue weighted by Gasteiger charge is 2.12. The van der Waals surface area contributed by atoms with Crippen LogP contribution in [0.3, 0.4) is 0 Å². The molecule has 0 saturated heterocycles. The number of H-pyrrole nitrogens is 1. The van der Waals surface area contributed by atoms with E-state index >= 15 is 0 Å². The lowest BCUT2D eigenvalue weighted by atomic mass is 10.1. The Morgan fingerprint density at radius 1 is 1.00 bits per heavy atom. The molecule has 0 saturated carbocycles. The number of nitrogens with one attached hydrogen (secondary N) is 2. The minimum Gasteiger partial charge on any atom is -0.361 e. The second-order valence-electron chi connectivity index (χ2n) is 5.02. The number of carbonyl (C=O) groups is 1. The molecule has 1 amide bonds. The van der Waals surface area contributed by atoms with Crippen LogP contribution < -0.4 is 5.32 Å². The van der Waals surface area contributed by atoms with Gasteiger partial charge >= 0.3 is 0 Å². The Hall–Kier alpha value is -2.69. The third kappa shape index (κ3) is 2.83. The smallest absolute Gasteiger partial charge is 0.224 e. The van der Waals surface area contributed by atoms with E-state index in [9.17, 15) is 13.6 Å². The van der Waals surface area contributed by atoms with Gasteiger partial charge in [0, 0.05) is 29.2 Å². The van der Waals surface area contributed by atoms with Gasteiger partial charge in [0.25, 0.3) is 0 Å². The highest BCUT2D eigenvalue weighted by Crippen LogP contribution is 2.21. The largest absolute Gasteiger partial charge is 0.361 e. The van der Waals surface area contributed by atoms with E-state index in [1.165, 1.54) is 12.1 Å². The topological polar surface area (TPSA) is 44.9 Å². The van der Waals surface area contributed by atoms with E-state index in [1.807, 2.05) is 0 Å². The van der Waals surface area contributed by atoms with Crippen molar-refractivity contribution >= 4 is 16.8 Å². The second-order valence-corrected chi connectivity index (χ2v) is 5.02. The first-order valence-corrected chi connectivity index (χ1v) is 6.90. The number of hydrogen-bond acceptors (Lipinski definition) is 1. The van der Waals surface area contributed by atoms with Crippen LogP contribution in [0.1, 0.15) is 11.1 Å². The summed E-state index contributed by atoms with van der Waals surface area (Å²) in [5.74, 6) is -1.01. The van der Waals surface area contributed by atoms with Crippen LogP contribution in [0.4, 0.5) is 8.78 Å². The Bertz CT molecular complexity index is 826. The van der Waals surface area contributed by atoms with Crippen molar-refractivity contribution in [1.29, 1.82) is 0 Å². The molecule has 1 heterocycles. The van der Waals surface area contributed by atoms with Gasteiger partial charge in [-0.3, -0.25) is 4.79 Å². The Morgan fingerprint density at radius 2 is 1.77 bits per heavy atom. The number of benzene rings is 2. The maximum absolute atomic E-state index is 13.8. The van der Waals surface area contributed by atoms with Gasteiger partial charge < -0.3 is 10.3 Å². The second kappa shape index (κ2) is 5.97. The summed E-state index contributed by atoms with van der Waals surface area (Å²) in [4.78, 5) is 14.9. The molecule has 22 heavy (non-hydrogen) atoms. The molecule has 112 valence electrons. The van der Waals surface area contributed by atoms with Gasteiger partial charge in [-0.05, 0) is 23.8 Å². The van der Waals surface area contributed by atoms with E-state index in [-0.39, 0.29) is 30.5 Å². The summed E-state index contributed by atoms with van der Waals surface area (Å²) in [5.41, 5.74) is 1.65. The monoisotopic (exact) mass is 300 g/mol. The number of aromatic nitrogens is 1. The molecule has 1 aromatic heterocycles. The summed E-state index contributed by atoms with van der Waals surface area (Å²) in [6.45, 7) is 0.107. The minimum atomic E-state index is -0.365. The zero-order chi connectivity index (χ0) is 15.5. The third-order valence-corrected chi connectivity index (χ3v) is 3.52. The highest BCUT2D eigenvalue weighted by atomic mass is 19.1. The molecule has 3 aromatic rings. The lowest BCUT2D eigenvalue weighted by molar-refractivity contribution is -0.120. The Morgan fingerprint density at radius 3 is 2.59 bits per heavy atom. The molecule has 0 aliphatic carbocycles. The summed E-state index contributed by atoms with van der Waals surface area (Å²) in [6, 6.07) is 11.0. The third-order valence-electron chi connectivity index (χ3n) is 3.52.